The average molecular weight is 807 g/mol. The van der Waals surface area contributed by atoms with Gasteiger partial charge in [0, 0.05) is 12.2 Å². The number of carbonyl (C=O) groups is 2. The topological polar surface area (TPSA) is 112 Å². The maximum atomic E-state index is 11.5. The molecule has 8 aromatic carbocycles. The van der Waals surface area contributed by atoms with Gasteiger partial charge in [-0.05, 0) is 125 Å². The molecule has 8 heteroatoms. The van der Waals surface area contributed by atoms with Crippen LogP contribution < -0.4 is 9.47 Å². The summed E-state index contributed by atoms with van der Waals surface area (Å²) in [6, 6.07) is 51.3. The van der Waals surface area contributed by atoms with Gasteiger partial charge in [-0.1, -0.05) is 110 Å². The van der Waals surface area contributed by atoms with Gasteiger partial charge in [0.2, 0.25) is 0 Å². The molecule has 8 aromatic rings. The van der Waals surface area contributed by atoms with E-state index in [0.29, 0.717) is 11.5 Å². The van der Waals surface area contributed by atoms with Crippen LogP contribution in [0.4, 0.5) is 0 Å². The summed E-state index contributed by atoms with van der Waals surface area (Å²) in [5, 5.41) is 29.3. The molecule has 8 nitrogen and oxygen atoms in total. The SMILES string of the molecule is C=CC(=O)OCC(O)COc1ccc2cc(C3(c4ccc5cc(OCC(O)COC(=O)C=C)ccc5c4)c4cc5ccccc5cc4-c4ccc5ccccc5c43)ccc2c1. The summed E-state index contributed by atoms with van der Waals surface area (Å²) in [6.07, 6.45) is 0.120. The van der Waals surface area contributed by atoms with Crippen molar-refractivity contribution < 1.29 is 38.7 Å². The number of rotatable bonds is 14. The van der Waals surface area contributed by atoms with Crippen LogP contribution >= 0.6 is 0 Å². The zero-order valence-electron chi connectivity index (χ0n) is 33.3. The number of esters is 2. The lowest BCUT2D eigenvalue weighted by Gasteiger charge is -2.35. The number of aliphatic hydroxyl groups excluding tert-OH is 2. The van der Waals surface area contributed by atoms with Gasteiger partial charge in [0.25, 0.3) is 0 Å². The third kappa shape index (κ3) is 7.37. The van der Waals surface area contributed by atoms with Crippen molar-refractivity contribution in [2.45, 2.75) is 17.6 Å². The number of fused-ring (bicyclic) bond motifs is 8. The first-order valence-electron chi connectivity index (χ1n) is 20.1. The highest BCUT2D eigenvalue weighted by molar-refractivity contribution is 6.04. The summed E-state index contributed by atoms with van der Waals surface area (Å²) in [6.45, 7) is 6.30. The van der Waals surface area contributed by atoms with Gasteiger partial charge in [-0.2, -0.15) is 0 Å². The van der Waals surface area contributed by atoms with E-state index in [4.69, 9.17) is 18.9 Å². The van der Waals surface area contributed by atoms with Crippen molar-refractivity contribution in [2.75, 3.05) is 26.4 Å². The molecule has 0 amide bonds. The Kier molecular flexibility index (Phi) is 10.6. The Bertz CT molecular complexity index is 2900. The Labute approximate surface area is 352 Å². The lowest BCUT2D eigenvalue weighted by Crippen LogP contribution is -2.29. The number of aliphatic hydroxyl groups is 2. The van der Waals surface area contributed by atoms with Gasteiger partial charge in [0.1, 0.15) is 50.1 Å². The molecule has 0 radical (unpaired) electrons. The molecule has 0 spiro atoms. The minimum atomic E-state index is -0.996. The molecule has 2 N–H and O–H groups in total. The second-order valence-corrected chi connectivity index (χ2v) is 15.2. The fraction of sp³-hybridized carbons (Fsp3) is 0.132. The van der Waals surface area contributed by atoms with Crippen molar-refractivity contribution in [3.8, 4) is 22.6 Å². The van der Waals surface area contributed by atoms with Gasteiger partial charge in [0.05, 0.1) is 5.41 Å². The van der Waals surface area contributed by atoms with Crippen molar-refractivity contribution in [1.82, 2.24) is 0 Å². The van der Waals surface area contributed by atoms with Crippen LogP contribution in [0, 0.1) is 0 Å². The van der Waals surface area contributed by atoms with E-state index in [1.807, 2.05) is 36.4 Å². The molecule has 2 atom stereocenters. The molecule has 0 saturated heterocycles. The van der Waals surface area contributed by atoms with E-state index in [-0.39, 0.29) is 26.4 Å². The number of ether oxygens (including phenoxy) is 4. The van der Waals surface area contributed by atoms with Crippen molar-refractivity contribution in [3.63, 3.8) is 0 Å². The fourth-order valence-corrected chi connectivity index (χ4v) is 8.62. The molecule has 1 aliphatic rings. The molecule has 9 rings (SSSR count). The number of carbonyl (C=O) groups excluding carboxylic acids is 2. The predicted octanol–water partition coefficient (Wildman–Crippen LogP) is 9.60. The molecule has 2 unspecified atom stereocenters. The number of hydrogen-bond acceptors (Lipinski definition) is 8. The molecule has 0 aliphatic heterocycles. The van der Waals surface area contributed by atoms with Crippen molar-refractivity contribution in [1.29, 1.82) is 0 Å². The monoisotopic (exact) mass is 806 g/mol. The Morgan fingerprint density at radius 2 is 0.967 bits per heavy atom. The van der Waals surface area contributed by atoms with Crippen LogP contribution in [-0.2, 0) is 24.5 Å². The molecule has 61 heavy (non-hydrogen) atoms. The minimum Gasteiger partial charge on any atom is -0.491 e. The largest absolute Gasteiger partial charge is 0.491 e. The number of hydrogen-bond donors (Lipinski definition) is 2. The van der Waals surface area contributed by atoms with E-state index >= 15 is 0 Å². The second kappa shape index (κ2) is 16.4. The first-order valence-corrected chi connectivity index (χ1v) is 20.1. The summed E-state index contributed by atoms with van der Waals surface area (Å²) in [7, 11) is 0. The molecular weight excluding hydrogens is 765 g/mol. The summed E-state index contributed by atoms with van der Waals surface area (Å²) in [5.74, 6) is -0.0342. The molecule has 0 bridgehead atoms. The van der Waals surface area contributed by atoms with Gasteiger partial charge in [0.15, 0.2) is 0 Å². The highest BCUT2D eigenvalue weighted by Gasteiger charge is 2.47. The summed E-state index contributed by atoms with van der Waals surface area (Å²) in [4.78, 5) is 22.9. The normalized spacial score (nSPS) is 15.2. The zero-order valence-corrected chi connectivity index (χ0v) is 33.3. The smallest absolute Gasteiger partial charge is 0.330 e. The van der Waals surface area contributed by atoms with Gasteiger partial charge < -0.3 is 29.2 Å². The Morgan fingerprint density at radius 1 is 0.508 bits per heavy atom. The van der Waals surface area contributed by atoms with E-state index < -0.39 is 29.6 Å². The second-order valence-electron chi connectivity index (χ2n) is 15.2. The van der Waals surface area contributed by atoms with E-state index in [9.17, 15) is 19.8 Å². The van der Waals surface area contributed by atoms with Gasteiger partial charge >= 0.3 is 11.9 Å². The fourth-order valence-electron chi connectivity index (χ4n) is 8.62. The third-order valence-electron chi connectivity index (χ3n) is 11.4. The van der Waals surface area contributed by atoms with Crippen LogP contribution in [0.25, 0.3) is 54.2 Å². The van der Waals surface area contributed by atoms with E-state index in [2.05, 4.69) is 122 Å². The van der Waals surface area contributed by atoms with E-state index in [1.165, 1.54) is 33.0 Å². The predicted molar refractivity (Wildman–Crippen MR) is 239 cm³/mol. The average Bonchev–Trinajstić information content (AvgIpc) is 3.59. The van der Waals surface area contributed by atoms with Crippen LogP contribution in [-0.4, -0.2) is 60.8 Å². The molecular formula is C53H42O8. The van der Waals surface area contributed by atoms with Crippen molar-refractivity contribution in [3.05, 3.63) is 193 Å². The van der Waals surface area contributed by atoms with Crippen LogP contribution in [0.1, 0.15) is 22.3 Å². The van der Waals surface area contributed by atoms with E-state index in [1.54, 1.807) is 0 Å². The maximum Gasteiger partial charge on any atom is 0.330 e. The Balaban J connectivity index is 1.18. The Morgan fingerprint density at radius 3 is 1.52 bits per heavy atom. The van der Waals surface area contributed by atoms with Crippen LogP contribution in [0.15, 0.2) is 171 Å². The van der Waals surface area contributed by atoms with Crippen molar-refractivity contribution in [2.24, 2.45) is 0 Å². The molecule has 0 aromatic heterocycles. The maximum absolute atomic E-state index is 11.5. The first-order chi connectivity index (χ1) is 29.7. The standard InChI is InChI=1S/C53H42O8/c1-3-50(56)60-31-42(54)29-58-44-20-15-36-23-40(18-13-38(36)25-44)53(41-19-14-39-26-45(21-16-37(39)24-41)59-30-43(55)32-61-51(57)4-2)49-28-35-11-6-5-10-34(35)27-48(49)47-22-17-33-9-7-8-12-46(33)52(47)53/h3-28,42-43,54-55H,1-2,29-32H2. The highest BCUT2D eigenvalue weighted by atomic mass is 16.6. The molecule has 0 saturated carbocycles. The lowest BCUT2D eigenvalue weighted by molar-refractivity contribution is -0.142. The molecule has 1 aliphatic carbocycles. The summed E-state index contributed by atoms with van der Waals surface area (Å²) < 4.78 is 21.8. The molecule has 0 fully saturated rings. The van der Waals surface area contributed by atoms with E-state index in [0.717, 1.165) is 55.6 Å². The van der Waals surface area contributed by atoms with Crippen LogP contribution in [0.5, 0.6) is 11.5 Å². The highest BCUT2D eigenvalue weighted by Crippen LogP contribution is 2.59. The van der Waals surface area contributed by atoms with Gasteiger partial charge in [-0.3, -0.25) is 0 Å². The van der Waals surface area contributed by atoms with Crippen LogP contribution in [0.3, 0.4) is 0 Å². The van der Waals surface area contributed by atoms with Crippen LogP contribution in [0.2, 0.25) is 0 Å². The van der Waals surface area contributed by atoms with Gasteiger partial charge in [-0.15, -0.1) is 0 Å². The number of benzene rings is 8. The lowest BCUT2D eigenvalue weighted by atomic mass is 9.66. The summed E-state index contributed by atoms with van der Waals surface area (Å²) >= 11 is 0. The van der Waals surface area contributed by atoms with Gasteiger partial charge in [-0.25, -0.2) is 9.59 Å². The first kappa shape index (κ1) is 39.2. The minimum absolute atomic E-state index is 0.0452. The quantitative estimate of drug-likeness (QED) is 0.0826. The molecule has 302 valence electrons. The Hall–Kier alpha value is -7.26. The zero-order chi connectivity index (χ0) is 42.1. The third-order valence-corrected chi connectivity index (χ3v) is 11.4. The summed E-state index contributed by atoms with van der Waals surface area (Å²) in [5.41, 5.74) is 6.22. The molecule has 0 heterocycles. The van der Waals surface area contributed by atoms with Crippen molar-refractivity contribution >= 4 is 55.0 Å².